The Hall–Kier alpha value is -1.63. The monoisotopic (exact) mass is 338 g/mol. The average molecular weight is 338 g/mol. The Morgan fingerprint density at radius 2 is 1.87 bits per heavy atom. The van der Waals surface area contributed by atoms with Gasteiger partial charge < -0.3 is 4.90 Å². The average Bonchev–Trinajstić information content (AvgIpc) is 2.89. The lowest BCUT2D eigenvalue weighted by Gasteiger charge is -2.33. The highest BCUT2D eigenvalue weighted by Crippen LogP contribution is 2.46. The van der Waals surface area contributed by atoms with Crippen molar-refractivity contribution in [3.8, 4) is 0 Å². The largest absolute Gasteiger partial charge is 0.365 e. The summed E-state index contributed by atoms with van der Waals surface area (Å²) in [6.45, 7) is 1.55. The van der Waals surface area contributed by atoms with Crippen molar-refractivity contribution in [3.05, 3.63) is 28.3 Å². The SMILES string of the molecule is CS(=O)(=O)c1cccc(N2CCC3(CCCCC3)C2)c1[N+](=O)[O-]. The Kier molecular flexibility index (Phi) is 4.08. The third-order valence-corrected chi connectivity index (χ3v) is 6.38. The maximum Gasteiger partial charge on any atom is 0.311 e. The van der Waals surface area contributed by atoms with Crippen LogP contribution in [0.2, 0.25) is 0 Å². The molecule has 1 aliphatic carbocycles. The lowest BCUT2D eigenvalue weighted by molar-refractivity contribution is -0.387. The first kappa shape index (κ1) is 16.2. The van der Waals surface area contributed by atoms with Gasteiger partial charge in [0, 0.05) is 19.3 Å². The summed E-state index contributed by atoms with van der Waals surface area (Å²) < 4.78 is 23.8. The molecule has 1 heterocycles. The molecule has 23 heavy (non-hydrogen) atoms. The molecule has 0 amide bonds. The standard InChI is InChI=1S/C16H22N2O4S/c1-23(21,22)14-7-5-6-13(15(14)18(19)20)17-11-10-16(12-17)8-3-2-4-9-16/h5-7H,2-4,8-12H2,1H3. The number of benzene rings is 1. The van der Waals surface area contributed by atoms with Crippen molar-refractivity contribution in [1.29, 1.82) is 0 Å². The van der Waals surface area contributed by atoms with Crippen LogP contribution in [0.1, 0.15) is 38.5 Å². The molecule has 1 saturated heterocycles. The van der Waals surface area contributed by atoms with E-state index in [1.165, 1.54) is 38.2 Å². The first-order chi connectivity index (χ1) is 10.8. The molecule has 1 spiro atoms. The van der Waals surface area contributed by atoms with Crippen molar-refractivity contribution in [2.75, 3.05) is 24.2 Å². The van der Waals surface area contributed by atoms with E-state index in [2.05, 4.69) is 0 Å². The molecule has 1 aromatic rings. The second-order valence-corrected chi connectivity index (χ2v) is 8.87. The molecule has 6 nitrogen and oxygen atoms in total. The minimum atomic E-state index is -3.63. The fourth-order valence-corrected chi connectivity index (χ4v) is 4.96. The number of hydrogen-bond donors (Lipinski definition) is 0. The molecule has 0 aromatic heterocycles. The summed E-state index contributed by atoms with van der Waals surface area (Å²) in [6.07, 6.45) is 8.11. The highest BCUT2D eigenvalue weighted by Gasteiger charge is 2.41. The second-order valence-electron chi connectivity index (χ2n) is 6.89. The molecule has 2 aliphatic rings. The highest BCUT2D eigenvalue weighted by atomic mass is 32.2. The minimum absolute atomic E-state index is 0.190. The zero-order valence-corrected chi connectivity index (χ0v) is 14.1. The summed E-state index contributed by atoms with van der Waals surface area (Å²) >= 11 is 0. The smallest absolute Gasteiger partial charge is 0.311 e. The van der Waals surface area contributed by atoms with E-state index in [1.54, 1.807) is 12.1 Å². The van der Waals surface area contributed by atoms with Gasteiger partial charge in [-0.1, -0.05) is 25.3 Å². The lowest BCUT2D eigenvalue weighted by atomic mass is 9.73. The third-order valence-electron chi connectivity index (χ3n) is 5.25. The Morgan fingerprint density at radius 3 is 2.48 bits per heavy atom. The Balaban J connectivity index is 1.99. The van der Waals surface area contributed by atoms with Crippen LogP contribution in [-0.4, -0.2) is 32.7 Å². The summed E-state index contributed by atoms with van der Waals surface area (Å²) in [5.74, 6) is 0. The molecule has 1 aromatic carbocycles. The van der Waals surface area contributed by atoms with Gasteiger partial charge in [-0.3, -0.25) is 10.1 Å². The summed E-state index contributed by atoms with van der Waals surface area (Å²) in [6, 6.07) is 4.60. The molecule has 1 saturated carbocycles. The van der Waals surface area contributed by atoms with Gasteiger partial charge in [-0.25, -0.2) is 8.42 Å². The van der Waals surface area contributed by atoms with Gasteiger partial charge in [-0.15, -0.1) is 0 Å². The van der Waals surface area contributed by atoms with Gasteiger partial charge >= 0.3 is 5.69 Å². The van der Waals surface area contributed by atoms with E-state index in [0.29, 0.717) is 5.69 Å². The van der Waals surface area contributed by atoms with Gasteiger partial charge in [-0.05, 0) is 36.8 Å². The van der Waals surface area contributed by atoms with Crippen molar-refractivity contribution in [1.82, 2.24) is 0 Å². The lowest BCUT2D eigenvalue weighted by Crippen LogP contribution is -2.29. The van der Waals surface area contributed by atoms with E-state index in [0.717, 1.165) is 25.8 Å². The quantitative estimate of drug-likeness (QED) is 0.624. The summed E-state index contributed by atoms with van der Waals surface area (Å²) in [4.78, 5) is 12.8. The molecule has 1 aliphatic heterocycles. The number of sulfone groups is 1. The first-order valence-electron chi connectivity index (χ1n) is 8.05. The van der Waals surface area contributed by atoms with Crippen molar-refractivity contribution >= 4 is 21.2 Å². The van der Waals surface area contributed by atoms with Crippen molar-refractivity contribution in [2.24, 2.45) is 5.41 Å². The van der Waals surface area contributed by atoms with E-state index >= 15 is 0 Å². The molecule has 0 unspecified atom stereocenters. The molecule has 126 valence electrons. The fraction of sp³-hybridized carbons (Fsp3) is 0.625. The van der Waals surface area contributed by atoms with E-state index in [1.807, 2.05) is 4.90 Å². The molecule has 3 rings (SSSR count). The Bertz CT molecular complexity index is 724. The van der Waals surface area contributed by atoms with Crippen LogP contribution in [0.3, 0.4) is 0 Å². The maximum absolute atomic E-state index is 11.9. The molecule has 0 bridgehead atoms. The van der Waals surface area contributed by atoms with Crippen molar-refractivity contribution < 1.29 is 13.3 Å². The third kappa shape index (κ3) is 3.06. The van der Waals surface area contributed by atoms with Gasteiger partial charge in [-0.2, -0.15) is 0 Å². The topological polar surface area (TPSA) is 80.5 Å². The first-order valence-corrected chi connectivity index (χ1v) is 9.94. The van der Waals surface area contributed by atoms with Crippen molar-refractivity contribution in [3.63, 3.8) is 0 Å². The van der Waals surface area contributed by atoms with Crippen molar-refractivity contribution in [2.45, 2.75) is 43.4 Å². The van der Waals surface area contributed by atoms with Crippen LogP contribution < -0.4 is 4.90 Å². The van der Waals surface area contributed by atoms with E-state index in [9.17, 15) is 18.5 Å². The van der Waals surface area contributed by atoms with E-state index in [4.69, 9.17) is 0 Å². The van der Waals surface area contributed by atoms with Crippen LogP contribution in [-0.2, 0) is 9.84 Å². The Labute approximate surface area is 136 Å². The Morgan fingerprint density at radius 1 is 1.17 bits per heavy atom. The summed E-state index contributed by atoms with van der Waals surface area (Å²) in [7, 11) is -3.63. The molecule has 0 radical (unpaired) electrons. The van der Waals surface area contributed by atoms with Crippen LogP contribution in [0.15, 0.2) is 23.1 Å². The number of para-hydroxylation sites is 1. The van der Waals surface area contributed by atoms with Gasteiger partial charge in [0.1, 0.15) is 10.6 Å². The number of hydrogen-bond acceptors (Lipinski definition) is 5. The molecule has 0 atom stereocenters. The zero-order valence-electron chi connectivity index (χ0n) is 13.3. The van der Waals surface area contributed by atoms with Crippen LogP contribution in [0, 0.1) is 15.5 Å². The molecular weight excluding hydrogens is 316 g/mol. The predicted octanol–water partition coefficient (Wildman–Crippen LogP) is 3.16. The zero-order chi connectivity index (χ0) is 16.7. The fourth-order valence-electron chi connectivity index (χ4n) is 4.10. The molecule has 0 N–H and O–H groups in total. The van der Waals surface area contributed by atoms with Crippen LogP contribution in [0.5, 0.6) is 0 Å². The van der Waals surface area contributed by atoms with Crippen LogP contribution in [0.4, 0.5) is 11.4 Å². The summed E-state index contributed by atoms with van der Waals surface area (Å²) in [5.41, 5.74) is 0.427. The second kappa shape index (κ2) is 5.78. The summed E-state index contributed by atoms with van der Waals surface area (Å²) in [5, 5.41) is 11.5. The minimum Gasteiger partial charge on any atom is -0.365 e. The van der Waals surface area contributed by atoms with E-state index < -0.39 is 14.8 Å². The normalized spacial score (nSPS) is 20.8. The van der Waals surface area contributed by atoms with E-state index in [-0.39, 0.29) is 16.0 Å². The number of nitro groups is 1. The van der Waals surface area contributed by atoms with Crippen LogP contribution in [0.25, 0.3) is 0 Å². The van der Waals surface area contributed by atoms with Gasteiger partial charge in [0.25, 0.3) is 0 Å². The number of anilines is 1. The molecule has 2 fully saturated rings. The highest BCUT2D eigenvalue weighted by molar-refractivity contribution is 7.90. The van der Waals surface area contributed by atoms with Gasteiger partial charge in [0.2, 0.25) is 0 Å². The number of nitrogens with zero attached hydrogens (tertiary/aromatic N) is 2. The van der Waals surface area contributed by atoms with Gasteiger partial charge in [0.15, 0.2) is 9.84 Å². The van der Waals surface area contributed by atoms with Crippen LogP contribution >= 0.6 is 0 Å². The molecular formula is C16H22N2O4S. The molecule has 7 heteroatoms. The number of rotatable bonds is 3. The number of nitro benzene ring substituents is 1. The predicted molar refractivity (Wildman–Crippen MR) is 88.6 cm³/mol. The maximum atomic E-state index is 11.9. The van der Waals surface area contributed by atoms with Gasteiger partial charge in [0.05, 0.1) is 4.92 Å².